The van der Waals surface area contributed by atoms with Gasteiger partial charge in [-0.05, 0) is 42.9 Å². The topological polar surface area (TPSA) is 44.8 Å². The fraction of sp³-hybridized carbons (Fsp3) is 0.950. The average molecular weight is 357 g/mol. The molecule has 0 aliphatic heterocycles. The summed E-state index contributed by atoms with van der Waals surface area (Å²) in [5.74, 6) is 0.628. The lowest BCUT2D eigenvalue weighted by Crippen LogP contribution is -2.47. The second kappa shape index (κ2) is 7.93. The van der Waals surface area contributed by atoms with Gasteiger partial charge in [0.05, 0.1) is 33.4 Å². The molecule has 0 saturated heterocycles. The van der Waals surface area contributed by atoms with Gasteiger partial charge in [0, 0.05) is 6.61 Å². The summed E-state index contributed by atoms with van der Waals surface area (Å²) in [6.45, 7) is 12.5. The van der Waals surface area contributed by atoms with Crippen molar-refractivity contribution in [2.75, 3.05) is 53.6 Å². The summed E-state index contributed by atoms with van der Waals surface area (Å²) >= 11 is 0. The molecule has 0 spiro atoms. The highest BCUT2D eigenvalue weighted by Gasteiger charge is 2.61. The number of hydrogen-bond donors (Lipinski definition) is 0. The summed E-state index contributed by atoms with van der Waals surface area (Å²) in [5, 5.41) is 0. The summed E-state index contributed by atoms with van der Waals surface area (Å²) in [6.07, 6.45) is 4.17. The van der Waals surface area contributed by atoms with E-state index in [1.54, 1.807) is 0 Å². The molecule has 3 unspecified atom stereocenters. The minimum Gasteiger partial charge on any atom is -0.459 e. The zero-order chi connectivity index (χ0) is 18.7. The van der Waals surface area contributed by atoms with Crippen LogP contribution in [0, 0.1) is 16.7 Å². The first-order chi connectivity index (χ1) is 11.6. The van der Waals surface area contributed by atoms with E-state index < -0.39 is 0 Å². The Kier molecular flexibility index (Phi) is 6.55. The Morgan fingerprint density at radius 3 is 2.44 bits per heavy atom. The van der Waals surface area contributed by atoms with Crippen LogP contribution in [0.5, 0.6) is 0 Å². The standard InChI is InChI=1S/C20H38NO4/c1-7-23-12-13-25-18(22)15-21(5,6)10-11-24-17-14-16-8-9-20(17,4)19(16,2)3/h16-17H,7-15H2,1-6H3/q+1. The molecule has 2 saturated carbocycles. The lowest BCUT2D eigenvalue weighted by atomic mass is 9.70. The molecule has 0 aromatic rings. The second-order valence-corrected chi connectivity index (χ2v) is 9.20. The van der Waals surface area contributed by atoms with Crippen LogP contribution in [-0.4, -0.2) is 70.2 Å². The van der Waals surface area contributed by atoms with Gasteiger partial charge in [-0.25, -0.2) is 4.79 Å². The molecule has 2 aliphatic carbocycles. The van der Waals surface area contributed by atoms with Gasteiger partial charge >= 0.3 is 5.97 Å². The molecule has 3 atom stereocenters. The summed E-state index contributed by atoms with van der Waals surface area (Å²) in [4.78, 5) is 11.9. The molecule has 2 fully saturated rings. The lowest BCUT2D eigenvalue weighted by Gasteiger charge is -2.39. The van der Waals surface area contributed by atoms with Gasteiger partial charge in [-0.1, -0.05) is 20.8 Å². The first-order valence-corrected chi connectivity index (χ1v) is 9.79. The summed E-state index contributed by atoms with van der Waals surface area (Å²) in [5.41, 5.74) is 0.680. The second-order valence-electron chi connectivity index (χ2n) is 9.20. The molecule has 0 aromatic heterocycles. The zero-order valence-electron chi connectivity index (χ0n) is 17.1. The molecule has 0 heterocycles. The van der Waals surface area contributed by atoms with E-state index in [4.69, 9.17) is 14.2 Å². The van der Waals surface area contributed by atoms with Crippen LogP contribution < -0.4 is 0 Å². The highest BCUT2D eigenvalue weighted by molar-refractivity contribution is 5.70. The molecule has 2 bridgehead atoms. The number of hydrogen-bond acceptors (Lipinski definition) is 4. The van der Waals surface area contributed by atoms with E-state index >= 15 is 0 Å². The maximum Gasteiger partial charge on any atom is 0.361 e. The minimum atomic E-state index is -0.169. The van der Waals surface area contributed by atoms with Crippen molar-refractivity contribution in [2.24, 2.45) is 16.7 Å². The van der Waals surface area contributed by atoms with Gasteiger partial charge < -0.3 is 18.7 Å². The minimum absolute atomic E-state index is 0.169. The predicted molar refractivity (Wildman–Crippen MR) is 98.3 cm³/mol. The first-order valence-electron chi connectivity index (χ1n) is 9.79. The Hall–Kier alpha value is -0.650. The fourth-order valence-corrected chi connectivity index (χ4v) is 4.66. The fourth-order valence-electron chi connectivity index (χ4n) is 4.66. The smallest absolute Gasteiger partial charge is 0.361 e. The Bertz CT molecular complexity index is 463. The maximum absolute atomic E-state index is 11.9. The van der Waals surface area contributed by atoms with Gasteiger partial charge in [-0.15, -0.1) is 0 Å². The number of carbonyl (C=O) groups is 1. The molecule has 2 rings (SSSR count). The molecule has 0 radical (unpaired) electrons. The van der Waals surface area contributed by atoms with Crippen molar-refractivity contribution in [2.45, 2.75) is 53.1 Å². The normalized spacial score (nSPS) is 30.6. The van der Waals surface area contributed by atoms with Crippen LogP contribution in [0.2, 0.25) is 0 Å². The third-order valence-corrected chi connectivity index (χ3v) is 6.98. The van der Waals surface area contributed by atoms with E-state index in [1.165, 1.54) is 19.3 Å². The van der Waals surface area contributed by atoms with Gasteiger partial charge in [0.1, 0.15) is 13.2 Å². The number of fused-ring (bicyclic) bond motifs is 2. The third kappa shape index (κ3) is 4.55. The number of quaternary nitrogens is 1. The number of esters is 1. The number of rotatable bonds is 10. The largest absolute Gasteiger partial charge is 0.459 e. The highest BCUT2D eigenvalue weighted by Crippen LogP contribution is 2.66. The van der Waals surface area contributed by atoms with Gasteiger partial charge in [-0.2, -0.15) is 0 Å². The molecule has 146 valence electrons. The molecular formula is C20H38NO4+. The summed E-state index contributed by atoms with van der Waals surface area (Å²) in [7, 11) is 4.11. The number of carbonyl (C=O) groups excluding carboxylic acids is 1. The molecule has 5 heteroatoms. The van der Waals surface area contributed by atoms with E-state index in [1.807, 2.05) is 6.92 Å². The van der Waals surface area contributed by atoms with E-state index in [9.17, 15) is 4.79 Å². The van der Waals surface area contributed by atoms with Crippen molar-refractivity contribution >= 4 is 5.97 Å². The van der Waals surface area contributed by atoms with Crippen LogP contribution in [0.15, 0.2) is 0 Å². The quantitative estimate of drug-likeness (QED) is 0.343. The molecule has 5 nitrogen and oxygen atoms in total. The Labute approximate surface area is 153 Å². The zero-order valence-corrected chi connectivity index (χ0v) is 17.1. The first kappa shape index (κ1) is 20.7. The Morgan fingerprint density at radius 2 is 1.88 bits per heavy atom. The van der Waals surface area contributed by atoms with Crippen molar-refractivity contribution in [3.05, 3.63) is 0 Å². The van der Waals surface area contributed by atoms with Crippen molar-refractivity contribution in [3.8, 4) is 0 Å². The summed E-state index contributed by atoms with van der Waals surface area (Å²) < 4.78 is 17.3. The van der Waals surface area contributed by atoms with E-state index in [-0.39, 0.29) is 5.97 Å². The Morgan fingerprint density at radius 1 is 1.16 bits per heavy atom. The Balaban J connectivity index is 1.71. The van der Waals surface area contributed by atoms with Gasteiger partial charge in [-0.3, -0.25) is 0 Å². The number of ether oxygens (including phenoxy) is 3. The van der Waals surface area contributed by atoms with E-state index in [0.29, 0.717) is 54.4 Å². The molecule has 0 amide bonds. The molecular weight excluding hydrogens is 318 g/mol. The lowest BCUT2D eigenvalue weighted by molar-refractivity contribution is -0.883. The van der Waals surface area contributed by atoms with Crippen LogP contribution in [-0.2, 0) is 19.0 Å². The van der Waals surface area contributed by atoms with Crippen LogP contribution in [0.4, 0.5) is 0 Å². The number of nitrogens with zero attached hydrogens (tertiary/aromatic N) is 1. The van der Waals surface area contributed by atoms with Crippen molar-refractivity contribution in [3.63, 3.8) is 0 Å². The molecule has 25 heavy (non-hydrogen) atoms. The van der Waals surface area contributed by atoms with Gasteiger partial charge in [0.15, 0.2) is 6.54 Å². The predicted octanol–water partition coefficient (Wildman–Crippen LogP) is 2.87. The van der Waals surface area contributed by atoms with Crippen LogP contribution in [0.25, 0.3) is 0 Å². The summed E-state index contributed by atoms with van der Waals surface area (Å²) in [6, 6.07) is 0. The van der Waals surface area contributed by atoms with Crippen molar-refractivity contribution in [1.82, 2.24) is 0 Å². The van der Waals surface area contributed by atoms with Gasteiger partial charge in [0.25, 0.3) is 0 Å². The van der Waals surface area contributed by atoms with Crippen molar-refractivity contribution < 1.29 is 23.5 Å². The maximum atomic E-state index is 11.9. The van der Waals surface area contributed by atoms with Crippen LogP contribution in [0.1, 0.15) is 47.0 Å². The molecule has 0 aromatic carbocycles. The van der Waals surface area contributed by atoms with Crippen molar-refractivity contribution in [1.29, 1.82) is 0 Å². The molecule has 2 aliphatic rings. The van der Waals surface area contributed by atoms with Crippen LogP contribution in [0.3, 0.4) is 0 Å². The van der Waals surface area contributed by atoms with Crippen LogP contribution >= 0.6 is 0 Å². The van der Waals surface area contributed by atoms with E-state index in [0.717, 1.165) is 12.5 Å². The highest BCUT2D eigenvalue weighted by atomic mass is 16.6. The number of likely N-dealkylation sites (N-methyl/N-ethyl adjacent to an activating group) is 1. The average Bonchev–Trinajstić information content (AvgIpc) is 2.84. The third-order valence-electron chi connectivity index (χ3n) is 6.98. The van der Waals surface area contributed by atoms with Gasteiger partial charge in [0.2, 0.25) is 0 Å². The van der Waals surface area contributed by atoms with E-state index in [2.05, 4.69) is 34.9 Å². The SMILES string of the molecule is CCOCCOC(=O)C[N+](C)(C)CCOC1CC2CCC1(C)C2(C)C. The molecule has 0 N–H and O–H groups in total. The monoisotopic (exact) mass is 356 g/mol.